The monoisotopic (exact) mass is 208 g/mol. The molecule has 1 N–H and O–H groups in total. The number of ether oxygens (including phenoxy) is 1. The molecule has 3 unspecified atom stereocenters. The minimum Gasteiger partial charge on any atom is -0.378 e. The highest BCUT2D eigenvalue weighted by molar-refractivity contribution is 5.80. The van der Waals surface area contributed by atoms with E-state index in [0.717, 1.165) is 19.3 Å². The van der Waals surface area contributed by atoms with Gasteiger partial charge in [0, 0.05) is 6.61 Å². The van der Waals surface area contributed by atoms with Gasteiger partial charge in [0.25, 0.3) is 0 Å². The van der Waals surface area contributed by atoms with E-state index in [-0.39, 0.29) is 24.0 Å². The maximum absolute atomic E-state index is 11.8. The van der Waals surface area contributed by atoms with Gasteiger partial charge in [-0.15, -0.1) is 0 Å². The summed E-state index contributed by atoms with van der Waals surface area (Å²) in [6.45, 7) is 2.57. The van der Waals surface area contributed by atoms with E-state index < -0.39 is 0 Å². The maximum atomic E-state index is 11.8. The van der Waals surface area contributed by atoms with Gasteiger partial charge in [-0.3, -0.25) is 4.79 Å². The SMILES string of the molecule is CC1OCCC1C(=O)NC(C#N)C1CC1. The molecule has 82 valence electrons. The predicted octanol–water partition coefficient (Wildman–Crippen LogP) is 0.830. The van der Waals surface area contributed by atoms with Crippen molar-refractivity contribution in [1.82, 2.24) is 5.32 Å². The molecule has 2 aliphatic rings. The highest BCUT2D eigenvalue weighted by Gasteiger charge is 2.36. The van der Waals surface area contributed by atoms with Crippen LogP contribution in [0.5, 0.6) is 0 Å². The molecule has 0 aromatic carbocycles. The second-order valence-corrected chi connectivity index (χ2v) is 4.42. The number of carbonyl (C=O) groups excluding carboxylic acids is 1. The van der Waals surface area contributed by atoms with Crippen molar-refractivity contribution in [3.63, 3.8) is 0 Å². The Morgan fingerprint density at radius 3 is 2.73 bits per heavy atom. The lowest BCUT2D eigenvalue weighted by Gasteiger charge is -2.16. The predicted molar refractivity (Wildman–Crippen MR) is 53.8 cm³/mol. The number of nitrogens with zero attached hydrogens (tertiary/aromatic N) is 1. The molecule has 0 aromatic rings. The zero-order valence-electron chi connectivity index (χ0n) is 8.90. The lowest BCUT2D eigenvalue weighted by molar-refractivity contribution is -0.126. The summed E-state index contributed by atoms with van der Waals surface area (Å²) in [4.78, 5) is 11.8. The fraction of sp³-hybridized carbons (Fsp3) is 0.818. The van der Waals surface area contributed by atoms with Crippen molar-refractivity contribution in [2.45, 2.75) is 38.3 Å². The Morgan fingerprint density at radius 1 is 1.53 bits per heavy atom. The van der Waals surface area contributed by atoms with Crippen molar-refractivity contribution in [3.8, 4) is 6.07 Å². The minimum atomic E-state index is -0.287. The summed E-state index contributed by atoms with van der Waals surface area (Å²) in [6, 6.07) is 1.87. The van der Waals surface area contributed by atoms with E-state index in [1.54, 1.807) is 0 Å². The van der Waals surface area contributed by atoms with Crippen LogP contribution in [-0.2, 0) is 9.53 Å². The van der Waals surface area contributed by atoms with E-state index in [9.17, 15) is 4.79 Å². The number of nitrogens with one attached hydrogen (secondary N) is 1. The molecular formula is C11H16N2O2. The Hall–Kier alpha value is -1.08. The molecule has 0 aromatic heterocycles. The lowest BCUT2D eigenvalue weighted by Crippen LogP contribution is -2.41. The molecule has 1 amide bonds. The van der Waals surface area contributed by atoms with Crippen LogP contribution >= 0.6 is 0 Å². The average molecular weight is 208 g/mol. The van der Waals surface area contributed by atoms with Crippen molar-refractivity contribution in [1.29, 1.82) is 5.26 Å². The molecule has 0 spiro atoms. The van der Waals surface area contributed by atoms with Crippen LogP contribution in [0, 0.1) is 23.2 Å². The summed E-state index contributed by atoms with van der Waals surface area (Å²) in [5.74, 6) is 0.301. The third-order valence-corrected chi connectivity index (χ3v) is 3.24. The number of rotatable bonds is 3. The van der Waals surface area contributed by atoms with Gasteiger partial charge < -0.3 is 10.1 Å². The summed E-state index contributed by atoms with van der Waals surface area (Å²) in [5, 5.41) is 11.7. The zero-order chi connectivity index (χ0) is 10.8. The molecule has 1 aliphatic heterocycles. The molecule has 2 rings (SSSR count). The van der Waals surface area contributed by atoms with Crippen LogP contribution < -0.4 is 5.32 Å². The number of carbonyl (C=O) groups is 1. The summed E-state index contributed by atoms with van der Waals surface area (Å²) in [7, 11) is 0. The van der Waals surface area contributed by atoms with Gasteiger partial charge in [0.05, 0.1) is 18.1 Å². The van der Waals surface area contributed by atoms with Gasteiger partial charge in [-0.2, -0.15) is 5.26 Å². The number of nitriles is 1. The third kappa shape index (κ3) is 2.29. The summed E-state index contributed by atoms with van der Waals surface area (Å²) in [5.41, 5.74) is 0. The minimum absolute atomic E-state index is 0.0106. The second-order valence-electron chi connectivity index (χ2n) is 4.42. The van der Waals surface area contributed by atoms with Crippen LogP contribution in [0.3, 0.4) is 0 Å². The van der Waals surface area contributed by atoms with E-state index in [1.165, 1.54) is 0 Å². The van der Waals surface area contributed by atoms with Crippen LogP contribution in [-0.4, -0.2) is 24.7 Å². The van der Waals surface area contributed by atoms with Gasteiger partial charge in [0.15, 0.2) is 0 Å². The van der Waals surface area contributed by atoms with Gasteiger partial charge in [0.1, 0.15) is 6.04 Å². The first-order valence-electron chi connectivity index (χ1n) is 5.54. The van der Waals surface area contributed by atoms with Gasteiger partial charge in [-0.1, -0.05) is 0 Å². The normalized spacial score (nSPS) is 32.0. The van der Waals surface area contributed by atoms with Gasteiger partial charge >= 0.3 is 0 Å². The van der Waals surface area contributed by atoms with E-state index in [1.807, 2.05) is 6.92 Å². The van der Waals surface area contributed by atoms with Crippen molar-refractivity contribution in [2.75, 3.05) is 6.61 Å². The highest BCUT2D eigenvalue weighted by atomic mass is 16.5. The lowest BCUT2D eigenvalue weighted by atomic mass is 10.0. The molecule has 1 saturated carbocycles. The van der Waals surface area contributed by atoms with E-state index >= 15 is 0 Å². The number of hydrogen-bond donors (Lipinski definition) is 1. The van der Waals surface area contributed by atoms with Crippen LogP contribution in [0.15, 0.2) is 0 Å². The molecule has 0 bridgehead atoms. The van der Waals surface area contributed by atoms with Crippen molar-refractivity contribution < 1.29 is 9.53 Å². The average Bonchev–Trinajstić information content (AvgIpc) is 2.97. The molecular weight excluding hydrogens is 192 g/mol. The van der Waals surface area contributed by atoms with Crippen molar-refractivity contribution in [2.24, 2.45) is 11.8 Å². The first kappa shape index (κ1) is 10.4. The van der Waals surface area contributed by atoms with Crippen molar-refractivity contribution >= 4 is 5.91 Å². The molecule has 1 aliphatic carbocycles. The molecule has 2 fully saturated rings. The third-order valence-electron chi connectivity index (χ3n) is 3.24. The van der Waals surface area contributed by atoms with Gasteiger partial charge in [-0.05, 0) is 32.1 Å². The fourth-order valence-corrected chi connectivity index (χ4v) is 2.02. The van der Waals surface area contributed by atoms with E-state index in [2.05, 4.69) is 11.4 Å². The Bertz CT molecular complexity index is 293. The van der Waals surface area contributed by atoms with Gasteiger partial charge in [-0.25, -0.2) is 0 Å². The molecule has 3 atom stereocenters. The molecule has 4 nitrogen and oxygen atoms in total. The van der Waals surface area contributed by atoms with Crippen molar-refractivity contribution in [3.05, 3.63) is 0 Å². The first-order valence-corrected chi connectivity index (χ1v) is 5.54. The fourth-order valence-electron chi connectivity index (χ4n) is 2.02. The summed E-state index contributed by atoms with van der Waals surface area (Å²) < 4.78 is 5.33. The molecule has 4 heteroatoms. The van der Waals surface area contributed by atoms with Crippen LogP contribution in [0.2, 0.25) is 0 Å². The Morgan fingerprint density at radius 2 is 2.27 bits per heavy atom. The van der Waals surface area contributed by atoms with Gasteiger partial charge in [0.2, 0.25) is 5.91 Å². The Balaban J connectivity index is 1.88. The molecule has 1 heterocycles. The first-order chi connectivity index (χ1) is 7.22. The van der Waals surface area contributed by atoms with Crippen LogP contribution in [0.1, 0.15) is 26.2 Å². The summed E-state index contributed by atoms with van der Waals surface area (Å²) >= 11 is 0. The Kier molecular flexibility index (Phi) is 2.92. The number of hydrogen-bond acceptors (Lipinski definition) is 3. The second kappa shape index (κ2) is 4.19. The van der Waals surface area contributed by atoms with E-state index in [4.69, 9.17) is 10.00 Å². The standard InChI is InChI=1S/C11H16N2O2/c1-7-9(4-5-15-7)11(14)13-10(6-12)8-2-3-8/h7-10H,2-5H2,1H3,(H,13,14). The molecule has 15 heavy (non-hydrogen) atoms. The number of amides is 1. The van der Waals surface area contributed by atoms with E-state index in [0.29, 0.717) is 12.5 Å². The highest BCUT2D eigenvalue weighted by Crippen LogP contribution is 2.32. The largest absolute Gasteiger partial charge is 0.378 e. The maximum Gasteiger partial charge on any atom is 0.226 e. The Labute approximate surface area is 89.6 Å². The molecule has 1 saturated heterocycles. The topological polar surface area (TPSA) is 62.1 Å². The van der Waals surface area contributed by atoms with Crippen LogP contribution in [0.4, 0.5) is 0 Å². The quantitative estimate of drug-likeness (QED) is 0.747. The zero-order valence-corrected chi connectivity index (χ0v) is 8.90. The smallest absolute Gasteiger partial charge is 0.226 e. The molecule has 0 radical (unpaired) electrons. The van der Waals surface area contributed by atoms with Crippen LogP contribution in [0.25, 0.3) is 0 Å². The summed E-state index contributed by atoms with van der Waals surface area (Å²) in [6.07, 6.45) is 2.89.